The number of nitrogens with one attached hydrogen (secondary N) is 1. The van der Waals surface area contributed by atoms with Crippen molar-refractivity contribution in [1.82, 2.24) is 0 Å². The van der Waals surface area contributed by atoms with Crippen LogP contribution >= 0.6 is 0 Å². The first-order valence-electron chi connectivity index (χ1n) is 8.08. The van der Waals surface area contributed by atoms with E-state index in [9.17, 15) is 22.8 Å². The topological polar surface area (TPSA) is 55.4 Å². The Labute approximate surface area is 148 Å². The van der Waals surface area contributed by atoms with E-state index in [4.69, 9.17) is 4.74 Å². The van der Waals surface area contributed by atoms with Gasteiger partial charge < -0.3 is 10.1 Å². The number of rotatable bonds is 5. The molecule has 0 spiro atoms. The van der Waals surface area contributed by atoms with E-state index in [2.05, 4.69) is 5.32 Å². The first-order valence-corrected chi connectivity index (χ1v) is 8.08. The van der Waals surface area contributed by atoms with E-state index in [0.29, 0.717) is 5.69 Å². The van der Waals surface area contributed by atoms with Crippen LogP contribution in [0, 0.1) is 5.92 Å². The van der Waals surface area contributed by atoms with E-state index < -0.39 is 24.3 Å². The van der Waals surface area contributed by atoms with Crippen molar-refractivity contribution in [3.63, 3.8) is 0 Å². The summed E-state index contributed by atoms with van der Waals surface area (Å²) in [6.07, 6.45) is -2.81. The number of halogens is 3. The van der Waals surface area contributed by atoms with Gasteiger partial charge in [0.25, 0.3) is 0 Å². The fraction of sp³-hybridized carbons (Fsp3) is 0.263. The van der Waals surface area contributed by atoms with Crippen LogP contribution in [-0.2, 0) is 22.3 Å². The average Bonchev–Trinajstić information content (AvgIpc) is 3.44. The number of ether oxygens (including phenoxy) is 1. The number of esters is 1. The third-order valence-electron chi connectivity index (χ3n) is 4.00. The summed E-state index contributed by atoms with van der Waals surface area (Å²) in [5.74, 6) is -0.844. The van der Waals surface area contributed by atoms with Crippen molar-refractivity contribution >= 4 is 17.6 Å². The zero-order valence-corrected chi connectivity index (χ0v) is 13.7. The molecule has 0 unspecified atom stereocenters. The molecule has 0 bridgehead atoms. The Bertz CT molecular complexity index is 829. The van der Waals surface area contributed by atoms with Gasteiger partial charge in [-0.05, 0) is 37.1 Å². The molecule has 1 aliphatic carbocycles. The van der Waals surface area contributed by atoms with Crippen LogP contribution in [-0.4, -0.2) is 11.9 Å². The van der Waals surface area contributed by atoms with Crippen LogP contribution in [0.2, 0.25) is 0 Å². The summed E-state index contributed by atoms with van der Waals surface area (Å²) in [5, 5.41) is 2.71. The molecular formula is C19H16F3NO3. The van der Waals surface area contributed by atoms with Crippen molar-refractivity contribution in [1.29, 1.82) is 0 Å². The standard InChI is InChI=1S/C19H16F3NO3/c20-19(21,22)16-7-2-1-4-14(16)11-26-18(25)13-5-3-6-15(10-13)23-17(24)12-8-9-12/h1-7,10,12H,8-9,11H2,(H,23,24). The quantitative estimate of drug-likeness (QED) is 0.801. The summed E-state index contributed by atoms with van der Waals surface area (Å²) < 4.78 is 43.9. The van der Waals surface area contributed by atoms with E-state index in [1.54, 1.807) is 12.1 Å². The SMILES string of the molecule is O=C(OCc1ccccc1C(F)(F)F)c1cccc(NC(=O)C2CC2)c1. The number of carbonyl (C=O) groups excluding carboxylic acids is 2. The maximum atomic E-state index is 13.0. The Morgan fingerprint density at radius 3 is 2.50 bits per heavy atom. The van der Waals surface area contributed by atoms with E-state index in [0.717, 1.165) is 18.9 Å². The minimum absolute atomic E-state index is 0.0180. The third kappa shape index (κ3) is 4.41. The van der Waals surface area contributed by atoms with Gasteiger partial charge >= 0.3 is 12.1 Å². The maximum absolute atomic E-state index is 13.0. The minimum Gasteiger partial charge on any atom is -0.457 e. The normalized spacial score (nSPS) is 14.0. The summed E-state index contributed by atoms with van der Waals surface area (Å²) in [7, 11) is 0. The van der Waals surface area contributed by atoms with Gasteiger partial charge in [-0.3, -0.25) is 4.79 Å². The first-order chi connectivity index (χ1) is 12.3. The molecule has 0 atom stereocenters. The van der Waals surface area contributed by atoms with Gasteiger partial charge in [0, 0.05) is 17.2 Å². The molecule has 0 heterocycles. The molecule has 0 radical (unpaired) electrons. The zero-order chi connectivity index (χ0) is 18.7. The van der Waals surface area contributed by atoms with Gasteiger partial charge in [0.05, 0.1) is 11.1 Å². The summed E-state index contributed by atoms with van der Waals surface area (Å²) in [6.45, 7) is -0.493. The highest BCUT2D eigenvalue weighted by Crippen LogP contribution is 2.32. The molecular weight excluding hydrogens is 347 g/mol. The van der Waals surface area contributed by atoms with Crippen LogP contribution in [0.1, 0.15) is 34.3 Å². The smallest absolute Gasteiger partial charge is 0.416 e. The molecule has 1 fully saturated rings. The van der Waals surface area contributed by atoms with Crippen LogP contribution < -0.4 is 5.32 Å². The largest absolute Gasteiger partial charge is 0.457 e. The van der Waals surface area contributed by atoms with Crippen LogP contribution in [0.25, 0.3) is 0 Å². The molecule has 136 valence electrons. The van der Waals surface area contributed by atoms with Crippen molar-refractivity contribution in [3.05, 3.63) is 65.2 Å². The molecule has 1 amide bonds. The number of anilines is 1. The lowest BCUT2D eigenvalue weighted by molar-refractivity contribution is -0.138. The van der Waals surface area contributed by atoms with Gasteiger partial charge in [-0.25, -0.2) is 4.79 Å². The van der Waals surface area contributed by atoms with Crippen LogP contribution in [0.5, 0.6) is 0 Å². The molecule has 1 aliphatic rings. The van der Waals surface area contributed by atoms with Gasteiger partial charge in [-0.2, -0.15) is 13.2 Å². The Morgan fingerprint density at radius 2 is 1.81 bits per heavy atom. The van der Waals surface area contributed by atoms with Gasteiger partial charge in [-0.15, -0.1) is 0 Å². The molecule has 26 heavy (non-hydrogen) atoms. The lowest BCUT2D eigenvalue weighted by Gasteiger charge is -2.13. The second-order valence-corrected chi connectivity index (χ2v) is 6.08. The molecule has 0 aliphatic heterocycles. The Kier molecular flexibility index (Phi) is 4.97. The van der Waals surface area contributed by atoms with Gasteiger partial charge in [0.1, 0.15) is 6.61 Å². The maximum Gasteiger partial charge on any atom is 0.416 e. The van der Waals surface area contributed by atoms with Crippen molar-refractivity contribution in [2.75, 3.05) is 5.32 Å². The van der Waals surface area contributed by atoms with E-state index >= 15 is 0 Å². The lowest BCUT2D eigenvalue weighted by Crippen LogP contribution is -2.14. The Morgan fingerprint density at radius 1 is 1.08 bits per heavy atom. The highest BCUT2D eigenvalue weighted by Gasteiger charge is 2.33. The molecule has 7 heteroatoms. The number of hydrogen-bond donors (Lipinski definition) is 1. The summed E-state index contributed by atoms with van der Waals surface area (Å²) in [5.41, 5.74) is -0.347. The molecule has 2 aromatic rings. The summed E-state index contributed by atoms with van der Waals surface area (Å²) in [6, 6.07) is 11.1. The number of carbonyl (C=O) groups is 2. The second kappa shape index (κ2) is 7.19. The Balaban J connectivity index is 1.66. The Hall–Kier alpha value is -2.83. The van der Waals surface area contributed by atoms with Crippen LogP contribution in [0.15, 0.2) is 48.5 Å². The highest BCUT2D eigenvalue weighted by atomic mass is 19.4. The molecule has 4 nitrogen and oxygen atoms in total. The minimum atomic E-state index is -4.52. The number of hydrogen-bond acceptors (Lipinski definition) is 3. The molecule has 3 rings (SSSR count). The second-order valence-electron chi connectivity index (χ2n) is 6.08. The predicted octanol–water partition coefficient (Wildman–Crippen LogP) is 4.41. The van der Waals surface area contributed by atoms with Crippen LogP contribution in [0.4, 0.5) is 18.9 Å². The van der Waals surface area contributed by atoms with E-state index in [1.807, 2.05) is 0 Å². The van der Waals surface area contributed by atoms with E-state index in [1.165, 1.54) is 30.3 Å². The van der Waals surface area contributed by atoms with E-state index in [-0.39, 0.29) is 23.0 Å². The molecule has 2 aromatic carbocycles. The summed E-state index contributed by atoms with van der Waals surface area (Å²) >= 11 is 0. The number of amides is 1. The first kappa shape index (κ1) is 18.0. The monoisotopic (exact) mass is 363 g/mol. The average molecular weight is 363 g/mol. The fourth-order valence-corrected chi connectivity index (χ4v) is 2.46. The van der Waals surface area contributed by atoms with Crippen LogP contribution in [0.3, 0.4) is 0 Å². The number of alkyl halides is 3. The zero-order valence-electron chi connectivity index (χ0n) is 13.7. The van der Waals surface area contributed by atoms with Gasteiger partial charge in [-0.1, -0.05) is 24.3 Å². The van der Waals surface area contributed by atoms with Crippen molar-refractivity contribution in [3.8, 4) is 0 Å². The number of benzene rings is 2. The lowest BCUT2D eigenvalue weighted by atomic mass is 10.1. The summed E-state index contributed by atoms with van der Waals surface area (Å²) in [4.78, 5) is 23.9. The van der Waals surface area contributed by atoms with Crippen molar-refractivity contribution in [2.45, 2.75) is 25.6 Å². The molecule has 1 N–H and O–H groups in total. The van der Waals surface area contributed by atoms with Crippen molar-refractivity contribution < 1.29 is 27.5 Å². The third-order valence-corrected chi connectivity index (χ3v) is 4.00. The van der Waals surface area contributed by atoms with Crippen molar-refractivity contribution in [2.24, 2.45) is 5.92 Å². The molecule has 0 aromatic heterocycles. The molecule has 1 saturated carbocycles. The van der Waals surface area contributed by atoms with Gasteiger partial charge in [0.2, 0.25) is 5.91 Å². The fourth-order valence-electron chi connectivity index (χ4n) is 2.46. The predicted molar refractivity (Wildman–Crippen MR) is 88.4 cm³/mol. The molecule has 0 saturated heterocycles. The van der Waals surface area contributed by atoms with Gasteiger partial charge in [0.15, 0.2) is 0 Å². The highest BCUT2D eigenvalue weighted by molar-refractivity contribution is 5.96.